The molecule has 28 heavy (non-hydrogen) atoms. The van der Waals surface area contributed by atoms with E-state index in [9.17, 15) is 17.6 Å². The van der Waals surface area contributed by atoms with Crippen LogP contribution in [-0.4, -0.2) is 28.4 Å². The van der Waals surface area contributed by atoms with Gasteiger partial charge in [0.25, 0.3) is 5.91 Å². The van der Waals surface area contributed by atoms with E-state index in [1.165, 1.54) is 35.6 Å². The lowest BCUT2D eigenvalue weighted by Crippen LogP contribution is -2.18. The number of benzene rings is 2. The van der Waals surface area contributed by atoms with Crippen molar-refractivity contribution in [2.45, 2.75) is 4.90 Å². The Kier molecular flexibility index (Phi) is 5.50. The number of nitrogens with zero attached hydrogens (tertiary/aromatic N) is 1. The Morgan fingerprint density at radius 2 is 1.75 bits per heavy atom. The third-order valence-corrected chi connectivity index (χ3v) is 6.03. The van der Waals surface area contributed by atoms with Crippen molar-refractivity contribution in [2.24, 2.45) is 5.14 Å². The molecular formula is C19H18FN3O3S2. The molecular weight excluding hydrogens is 401 g/mol. The van der Waals surface area contributed by atoms with Crippen molar-refractivity contribution in [3.63, 3.8) is 0 Å². The molecule has 0 radical (unpaired) electrons. The molecule has 0 atom stereocenters. The molecule has 1 aromatic heterocycles. The summed E-state index contributed by atoms with van der Waals surface area (Å²) >= 11 is 1.25. The van der Waals surface area contributed by atoms with Crippen LogP contribution in [0.3, 0.4) is 0 Å². The number of thiophene rings is 1. The summed E-state index contributed by atoms with van der Waals surface area (Å²) in [6, 6.07) is 13.7. The van der Waals surface area contributed by atoms with E-state index in [0.717, 1.165) is 10.4 Å². The molecule has 3 N–H and O–H groups in total. The van der Waals surface area contributed by atoms with E-state index in [2.05, 4.69) is 5.32 Å². The van der Waals surface area contributed by atoms with Crippen LogP contribution in [0.4, 0.5) is 15.8 Å². The quantitative estimate of drug-likeness (QED) is 0.662. The molecule has 3 rings (SSSR count). The minimum absolute atomic E-state index is 0.0911. The zero-order valence-corrected chi connectivity index (χ0v) is 16.8. The van der Waals surface area contributed by atoms with Gasteiger partial charge in [0.05, 0.1) is 21.1 Å². The van der Waals surface area contributed by atoms with Crippen LogP contribution in [0, 0.1) is 5.82 Å². The number of halogens is 1. The molecule has 0 unspecified atom stereocenters. The summed E-state index contributed by atoms with van der Waals surface area (Å²) in [5.41, 5.74) is 1.77. The highest BCUT2D eigenvalue weighted by Gasteiger charge is 2.17. The topological polar surface area (TPSA) is 92.5 Å². The van der Waals surface area contributed by atoms with E-state index in [1.54, 1.807) is 49.3 Å². The Labute approximate surface area is 166 Å². The highest BCUT2D eigenvalue weighted by atomic mass is 32.2. The Bertz CT molecular complexity index is 1120. The first-order valence-corrected chi connectivity index (χ1v) is 10.5. The molecule has 146 valence electrons. The van der Waals surface area contributed by atoms with E-state index >= 15 is 0 Å². The Hall–Kier alpha value is -2.75. The van der Waals surface area contributed by atoms with E-state index in [1.807, 2.05) is 0 Å². The fourth-order valence-corrected chi connectivity index (χ4v) is 4.04. The molecule has 0 aliphatic heterocycles. The van der Waals surface area contributed by atoms with Crippen molar-refractivity contribution in [3.8, 4) is 10.4 Å². The van der Waals surface area contributed by atoms with E-state index in [0.29, 0.717) is 16.3 Å². The first-order chi connectivity index (χ1) is 13.1. The van der Waals surface area contributed by atoms with Gasteiger partial charge >= 0.3 is 0 Å². The number of nitrogens with one attached hydrogen (secondary N) is 1. The number of carbonyl (C=O) groups is 1. The van der Waals surface area contributed by atoms with Crippen molar-refractivity contribution >= 4 is 38.6 Å². The molecule has 1 heterocycles. The molecule has 1 amide bonds. The normalized spacial score (nSPS) is 11.3. The first kappa shape index (κ1) is 20.0. The van der Waals surface area contributed by atoms with E-state index in [-0.39, 0.29) is 16.6 Å². The monoisotopic (exact) mass is 419 g/mol. The number of amides is 1. The van der Waals surface area contributed by atoms with Crippen molar-refractivity contribution in [1.82, 2.24) is 0 Å². The molecule has 0 aliphatic rings. The molecule has 9 heteroatoms. The Morgan fingerprint density at radius 1 is 1.07 bits per heavy atom. The number of primary sulfonamides is 1. The van der Waals surface area contributed by atoms with Crippen LogP contribution in [0.25, 0.3) is 10.4 Å². The molecule has 0 bridgehead atoms. The van der Waals surface area contributed by atoms with Crippen molar-refractivity contribution in [3.05, 3.63) is 65.3 Å². The lowest BCUT2D eigenvalue weighted by Gasteiger charge is -2.18. The van der Waals surface area contributed by atoms with Crippen LogP contribution in [0.5, 0.6) is 0 Å². The van der Waals surface area contributed by atoms with Crippen LogP contribution < -0.4 is 15.4 Å². The summed E-state index contributed by atoms with van der Waals surface area (Å²) in [5, 5.41) is 7.94. The van der Waals surface area contributed by atoms with Crippen LogP contribution in [-0.2, 0) is 10.0 Å². The number of anilines is 2. The smallest absolute Gasteiger partial charge is 0.265 e. The second-order valence-corrected chi connectivity index (χ2v) is 8.89. The highest BCUT2D eigenvalue weighted by molar-refractivity contribution is 7.89. The summed E-state index contributed by atoms with van der Waals surface area (Å²) in [6.07, 6.45) is 0. The molecule has 0 spiro atoms. The third-order valence-electron chi connectivity index (χ3n) is 3.99. The van der Waals surface area contributed by atoms with E-state index < -0.39 is 10.0 Å². The molecule has 0 saturated carbocycles. The largest absolute Gasteiger partial charge is 0.376 e. The molecule has 6 nitrogen and oxygen atoms in total. The third kappa shape index (κ3) is 4.38. The van der Waals surface area contributed by atoms with Crippen LogP contribution in [0.15, 0.2) is 59.5 Å². The van der Waals surface area contributed by atoms with Gasteiger partial charge in [-0.15, -0.1) is 11.3 Å². The summed E-state index contributed by atoms with van der Waals surface area (Å²) in [5.74, 6) is -0.711. The maximum atomic E-state index is 13.1. The van der Waals surface area contributed by atoms with Crippen molar-refractivity contribution in [2.75, 3.05) is 24.3 Å². The molecule has 0 fully saturated rings. The maximum Gasteiger partial charge on any atom is 0.265 e. The zero-order valence-electron chi connectivity index (χ0n) is 15.1. The van der Waals surface area contributed by atoms with Gasteiger partial charge in [-0.2, -0.15) is 0 Å². The molecule has 0 saturated heterocycles. The van der Waals surface area contributed by atoms with Crippen molar-refractivity contribution < 1.29 is 17.6 Å². The van der Waals surface area contributed by atoms with Gasteiger partial charge in [0.1, 0.15) is 5.82 Å². The standard InChI is InChI=1S/C19H18FN3O3S2/c1-23(2)16-8-7-14(28(21,25)26)11-15(16)22-19(24)18-10-9-17(27-18)12-3-5-13(20)6-4-12/h3-11H,1-2H3,(H,22,24)(H2,21,25,26). The van der Waals surface area contributed by atoms with Gasteiger partial charge in [-0.1, -0.05) is 12.1 Å². The maximum absolute atomic E-state index is 13.1. The minimum Gasteiger partial charge on any atom is -0.376 e. The number of nitrogens with two attached hydrogens (primary N) is 1. The van der Waals surface area contributed by atoms with Crippen LogP contribution >= 0.6 is 11.3 Å². The van der Waals surface area contributed by atoms with Crippen LogP contribution in [0.1, 0.15) is 9.67 Å². The molecule has 3 aromatic rings. The molecule has 2 aromatic carbocycles. The predicted molar refractivity (Wildman–Crippen MR) is 110 cm³/mol. The Morgan fingerprint density at radius 3 is 2.36 bits per heavy atom. The second kappa shape index (κ2) is 7.70. The SMILES string of the molecule is CN(C)c1ccc(S(N)(=O)=O)cc1NC(=O)c1ccc(-c2ccc(F)cc2)s1. The zero-order chi connectivity index (χ0) is 20.5. The van der Waals surface area contributed by atoms with Gasteiger partial charge in [-0.25, -0.2) is 17.9 Å². The second-order valence-electron chi connectivity index (χ2n) is 6.24. The molecule has 0 aliphatic carbocycles. The summed E-state index contributed by atoms with van der Waals surface area (Å²) in [6.45, 7) is 0. The van der Waals surface area contributed by atoms with E-state index in [4.69, 9.17) is 5.14 Å². The number of hydrogen-bond donors (Lipinski definition) is 2. The van der Waals surface area contributed by atoms with Gasteiger partial charge in [0.2, 0.25) is 10.0 Å². The average molecular weight is 420 g/mol. The van der Waals surface area contributed by atoms with Gasteiger partial charge in [-0.3, -0.25) is 4.79 Å². The Balaban J connectivity index is 1.89. The highest BCUT2D eigenvalue weighted by Crippen LogP contribution is 2.31. The fraction of sp³-hybridized carbons (Fsp3) is 0.105. The van der Waals surface area contributed by atoms with Gasteiger partial charge in [0.15, 0.2) is 0 Å². The average Bonchev–Trinajstić information content (AvgIpc) is 3.11. The lowest BCUT2D eigenvalue weighted by molar-refractivity contribution is 0.103. The summed E-state index contributed by atoms with van der Waals surface area (Å²) < 4.78 is 36.3. The first-order valence-electron chi connectivity index (χ1n) is 8.16. The lowest BCUT2D eigenvalue weighted by atomic mass is 10.2. The van der Waals surface area contributed by atoms with Gasteiger partial charge in [0, 0.05) is 19.0 Å². The minimum atomic E-state index is -3.90. The van der Waals surface area contributed by atoms with Crippen molar-refractivity contribution in [1.29, 1.82) is 0 Å². The van der Waals surface area contributed by atoms with Crippen LogP contribution in [0.2, 0.25) is 0 Å². The summed E-state index contributed by atoms with van der Waals surface area (Å²) in [7, 11) is -0.347. The van der Waals surface area contributed by atoms with Gasteiger partial charge < -0.3 is 10.2 Å². The number of carbonyl (C=O) groups excluding carboxylic acids is 1. The number of sulfonamides is 1. The number of hydrogen-bond acceptors (Lipinski definition) is 5. The van der Waals surface area contributed by atoms with Gasteiger partial charge in [-0.05, 0) is 48.0 Å². The fourth-order valence-electron chi connectivity index (χ4n) is 2.60. The number of rotatable bonds is 5. The summed E-state index contributed by atoms with van der Waals surface area (Å²) in [4.78, 5) is 15.6. The predicted octanol–water partition coefficient (Wildman–Crippen LogP) is 3.52.